The molecule has 0 aliphatic heterocycles. The Kier molecular flexibility index (Phi) is 4.00. The minimum absolute atomic E-state index is 0.781. The molecule has 2 aromatic carbocycles. The van der Waals surface area contributed by atoms with Crippen LogP contribution in [0.4, 0.5) is 17.1 Å². The van der Waals surface area contributed by atoms with Crippen LogP contribution in [0.2, 0.25) is 0 Å². The van der Waals surface area contributed by atoms with Crippen LogP contribution in [-0.2, 0) is 0 Å². The van der Waals surface area contributed by atoms with E-state index in [1.54, 1.807) is 7.11 Å². The smallest absolute Gasteiger partial charge is 0.121 e. The van der Waals surface area contributed by atoms with E-state index in [4.69, 9.17) is 10.5 Å². The van der Waals surface area contributed by atoms with Crippen LogP contribution in [0.3, 0.4) is 0 Å². The van der Waals surface area contributed by atoms with Crippen LogP contribution in [0.1, 0.15) is 11.1 Å². The lowest BCUT2D eigenvalue weighted by molar-refractivity contribution is 0.412. The average Bonchev–Trinajstić information content (AvgIpc) is 2.36. The molecular weight excluding hydrogens is 304 g/mol. The summed E-state index contributed by atoms with van der Waals surface area (Å²) in [6.45, 7) is 4.01. The number of nitrogens with two attached hydrogens (primary N) is 1. The fourth-order valence-corrected chi connectivity index (χ4v) is 2.36. The molecule has 0 bridgehead atoms. The van der Waals surface area contributed by atoms with Gasteiger partial charge in [0.25, 0.3) is 0 Å². The van der Waals surface area contributed by atoms with Crippen LogP contribution >= 0.6 is 15.9 Å². The molecule has 0 fully saturated rings. The highest BCUT2D eigenvalue weighted by atomic mass is 79.9. The van der Waals surface area contributed by atoms with Crippen molar-refractivity contribution in [2.24, 2.45) is 0 Å². The van der Waals surface area contributed by atoms with Crippen LogP contribution in [0, 0.1) is 13.8 Å². The number of nitrogens with one attached hydrogen (secondary N) is 1. The van der Waals surface area contributed by atoms with E-state index in [0.717, 1.165) is 38.4 Å². The molecule has 2 rings (SSSR count). The van der Waals surface area contributed by atoms with E-state index in [1.165, 1.54) is 0 Å². The number of methoxy groups -OCH3 is 1. The molecule has 0 saturated carbocycles. The van der Waals surface area contributed by atoms with Crippen LogP contribution in [0.5, 0.6) is 5.75 Å². The Morgan fingerprint density at radius 3 is 2.47 bits per heavy atom. The molecule has 0 saturated heterocycles. The number of anilines is 3. The number of benzene rings is 2. The highest BCUT2D eigenvalue weighted by molar-refractivity contribution is 9.10. The summed E-state index contributed by atoms with van der Waals surface area (Å²) in [4.78, 5) is 0. The van der Waals surface area contributed by atoms with Crippen molar-refractivity contribution in [2.75, 3.05) is 18.2 Å². The molecule has 19 heavy (non-hydrogen) atoms. The first kappa shape index (κ1) is 13.7. The molecular formula is C15H17BrN2O. The Balaban J connectivity index is 2.31. The first-order valence-electron chi connectivity index (χ1n) is 5.98. The molecule has 4 heteroatoms. The van der Waals surface area contributed by atoms with E-state index in [-0.39, 0.29) is 0 Å². The fourth-order valence-electron chi connectivity index (χ4n) is 1.90. The van der Waals surface area contributed by atoms with E-state index in [9.17, 15) is 0 Å². The van der Waals surface area contributed by atoms with Crippen LogP contribution in [0.25, 0.3) is 0 Å². The Bertz CT molecular complexity index is 611. The van der Waals surface area contributed by atoms with Crippen molar-refractivity contribution in [2.45, 2.75) is 13.8 Å². The molecule has 100 valence electrons. The third kappa shape index (κ3) is 3.01. The standard InChI is InChI=1S/C15H17BrN2O/c1-9-7-14(12(16)8-13(9)17)18-11-4-5-15(19-3)10(2)6-11/h4-8,18H,17H2,1-3H3. The first-order chi connectivity index (χ1) is 9.01. The third-order valence-corrected chi connectivity index (χ3v) is 3.69. The average molecular weight is 321 g/mol. The van der Waals surface area contributed by atoms with Gasteiger partial charge in [0.15, 0.2) is 0 Å². The maximum atomic E-state index is 5.87. The summed E-state index contributed by atoms with van der Waals surface area (Å²) in [6, 6.07) is 9.93. The summed E-state index contributed by atoms with van der Waals surface area (Å²) in [5.74, 6) is 0.887. The zero-order chi connectivity index (χ0) is 14.0. The van der Waals surface area contributed by atoms with Crippen molar-refractivity contribution in [3.05, 3.63) is 45.9 Å². The van der Waals surface area contributed by atoms with Crippen molar-refractivity contribution >= 4 is 33.0 Å². The van der Waals surface area contributed by atoms with Crippen molar-refractivity contribution in [1.82, 2.24) is 0 Å². The van der Waals surface area contributed by atoms with Gasteiger partial charge in [0.2, 0.25) is 0 Å². The molecule has 0 radical (unpaired) electrons. The van der Waals surface area contributed by atoms with Gasteiger partial charge in [-0.1, -0.05) is 0 Å². The van der Waals surface area contributed by atoms with Gasteiger partial charge in [0.1, 0.15) is 5.75 Å². The topological polar surface area (TPSA) is 47.3 Å². The molecule has 0 unspecified atom stereocenters. The number of hydrogen-bond donors (Lipinski definition) is 2. The largest absolute Gasteiger partial charge is 0.496 e. The van der Waals surface area contributed by atoms with E-state index in [0.29, 0.717) is 0 Å². The lowest BCUT2D eigenvalue weighted by Crippen LogP contribution is -1.96. The minimum Gasteiger partial charge on any atom is -0.496 e. The molecule has 2 aromatic rings. The van der Waals surface area contributed by atoms with Gasteiger partial charge in [0, 0.05) is 15.8 Å². The zero-order valence-corrected chi connectivity index (χ0v) is 12.8. The summed E-state index contributed by atoms with van der Waals surface area (Å²) < 4.78 is 6.20. The van der Waals surface area contributed by atoms with Crippen molar-refractivity contribution in [1.29, 1.82) is 0 Å². The molecule has 0 spiro atoms. The predicted molar refractivity (Wildman–Crippen MR) is 84.3 cm³/mol. The molecule has 0 aromatic heterocycles. The van der Waals surface area contributed by atoms with Crippen molar-refractivity contribution in [3.63, 3.8) is 0 Å². The Labute approximate surface area is 121 Å². The Hall–Kier alpha value is -1.68. The van der Waals surface area contributed by atoms with E-state index in [1.807, 2.05) is 38.1 Å². The number of hydrogen-bond acceptors (Lipinski definition) is 3. The summed E-state index contributed by atoms with van der Waals surface area (Å²) in [5.41, 5.74) is 10.8. The minimum atomic E-state index is 0.781. The maximum Gasteiger partial charge on any atom is 0.121 e. The fraction of sp³-hybridized carbons (Fsp3) is 0.200. The van der Waals surface area contributed by atoms with E-state index >= 15 is 0 Å². The molecule has 0 atom stereocenters. The van der Waals surface area contributed by atoms with Gasteiger partial charge in [-0.2, -0.15) is 0 Å². The second-order valence-corrected chi connectivity index (χ2v) is 5.35. The highest BCUT2D eigenvalue weighted by Crippen LogP contribution is 2.31. The predicted octanol–water partition coefficient (Wildman–Crippen LogP) is 4.40. The monoisotopic (exact) mass is 320 g/mol. The normalized spacial score (nSPS) is 10.3. The number of halogens is 1. The Morgan fingerprint density at radius 2 is 1.84 bits per heavy atom. The van der Waals surface area contributed by atoms with E-state index in [2.05, 4.69) is 27.3 Å². The number of ether oxygens (including phenoxy) is 1. The van der Waals surface area contributed by atoms with Crippen LogP contribution in [-0.4, -0.2) is 7.11 Å². The first-order valence-corrected chi connectivity index (χ1v) is 6.78. The second-order valence-electron chi connectivity index (χ2n) is 4.50. The second kappa shape index (κ2) is 5.53. The summed E-state index contributed by atoms with van der Waals surface area (Å²) in [6.07, 6.45) is 0. The Morgan fingerprint density at radius 1 is 1.11 bits per heavy atom. The molecule has 0 aliphatic carbocycles. The number of rotatable bonds is 3. The SMILES string of the molecule is COc1ccc(Nc2cc(C)c(N)cc2Br)cc1C. The molecule has 3 nitrogen and oxygen atoms in total. The van der Waals surface area contributed by atoms with Gasteiger partial charge in [-0.3, -0.25) is 0 Å². The lowest BCUT2D eigenvalue weighted by Gasteiger charge is -2.13. The summed E-state index contributed by atoms with van der Waals surface area (Å²) in [7, 11) is 1.68. The van der Waals surface area contributed by atoms with E-state index < -0.39 is 0 Å². The van der Waals surface area contributed by atoms with Gasteiger partial charge in [-0.15, -0.1) is 0 Å². The summed E-state index contributed by atoms with van der Waals surface area (Å²) >= 11 is 3.52. The lowest BCUT2D eigenvalue weighted by atomic mass is 10.1. The van der Waals surface area contributed by atoms with Crippen LogP contribution < -0.4 is 15.8 Å². The number of aryl methyl sites for hydroxylation is 2. The van der Waals surface area contributed by atoms with Crippen molar-refractivity contribution < 1.29 is 4.74 Å². The third-order valence-electron chi connectivity index (χ3n) is 3.03. The maximum absolute atomic E-state index is 5.87. The zero-order valence-electron chi connectivity index (χ0n) is 11.3. The van der Waals surface area contributed by atoms with Crippen molar-refractivity contribution in [3.8, 4) is 5.75 Å². The number of nitrogen functional groups attached to an aromatic ring is 1. The van der Waals surface area contributed by atoms with Gasteiger partial charge in [0.05, 0.1) is 12.8 Å². The van der Waals surface area contributed by atoms with Gasteiger partial charge in [-0.05, 0) is 71.2 Å². The van der Waals surface area contributed by atoms with Crippen LogP contribution in [0.15, 0.2) is 34.8 Å². The molecule has 0 heterocycles. The molecule has 0 aliphatic rings. The summed E-state index contributed by atoms with van der Waals surface area (Å²) in [5, 5.41) is 3.37. The molecule has 0 amide bonds. The quantitative estimate of drug-likeness (QED) is 0.824. The van der Waals surface area contributed by atoms with Gasteiger partial charge in [-0.25, -0.2) is 0 Å². The van der Waals surface area contributed by atoms with Gasteiger partial charge >= 0.3 is 0 Å². The molecule has 3 N–H and O–H groups in total. The highest BCUT2D eigenvalue weighted by Gasteiger charge is 2.05. The van der Waals surface area contributed by atoms with Gasteiger partial charge < -0.3 is 15.8 Å².